The van der Waals surface area contributed by atoms with Crippen LogP contribution in [0, 0.1) is 0 Å². The molecule has 0 aromatic carbocycles. The first-order valence-electron chi connectivity index (χ1n) is 5.40. The van der Waals surface area contributed by atoms with Crippen LogP contribution in [0.15, 0.2) is 0 Å². The van der Waals surface area contributed by atoms with E-state index in [-0.39, 0.29) is 13.2 Å². The first-order chi connectivity index (χ1) is 6.81. The van der Waals surface area contributed by atoms with Crippen LogP contribution < -0.4 is 0 Å². The van der Waals surface area contributed by atoms with Gasteiger partial charge in [-0.2, -0.15) is 0 Å². The second-order valence-corrected chi connectivity index (χ2v) is 3.79. The molecule has 1 amide bonds. The second-order valence-electron chi connectivity index (χ2n) is 3.79. The minimum Gasteiger partial charge on any atom is -0.444 e. The molecule has 4 heteroatoms. The Hall–Kier alpha value is -0.770. The van der Waals surface area contributed by atoms with Crippen LogP contribution in [-0.4, -0.2) is 42.8 Å². The van der Waals surface area contributed by atoms with Gasteiger partial charge in [0, 0.05) is 13.0 Å². The SMILES string of the molecule is [2H]C1COCC([2H])N1C(=O)OC(C)(C)C. The summed E-state index contributed by atoms with van der Waals surface area (Å²) in [6.07, 6.45) is -0.620. The van der Waals surface area contributed by atoms with Crippen molar-refractivity contribution < 1.29 is 17.0 Å². The molecule has 1 saturated heterocycles. The van der Waals surface area contributed by atoms with Gasteiger partial charge < -0.3 is 14.4 Å². The van der Waals surface area contributed by atoms with E-state index < -0.39 is 24.7 Å². The highest BCUT2D eigenvalue weighted by Gasteiger charge is 2.23. The van der Waals surface area contributed by atoms with Crippen molar-refractivity contribution in [2.75, 3.05) is 26.3 Å². The number of amides is 1. The van der Waals surface area contributed by atoms with Gasteiger partial charge in [-0.1, -0.05) is 0 Å². The highest BCUT2D eigenvalue weighted by atomic mass is 16.6. The summed E-state index contributed by atoms with van der Waals surface area (Å²) in [4.78, 5) is 12.7. The van der Waals surface area contributed by atoms with E-state index in [0.29, 0.717) is 0 Å². The predicted molar refractivity (Wildman–Crippen MR) is 48.6 cm³/mol. The van der Waals surface area contributed by atoms with Gasteiger partial charge >= 0.3 is 6.09 Å². The summed E-state index contributed by atoms with van der Waals surface area (Å²) in [6.45, 7) is 3.83. The van der Waals surface area contributed by atoms with Crippen molar-refractivity contribution in [2.45, 2.75) is 26.4 Å². The van der Waals surface area contributed by atoms with E-state index in [9.17, 15) is 4.79 Å². The van der Waals surface area contributed by atoms with Crippen molar-refractivity contribution >= 4 is 6.09 Å². The standard InChI is InChI=1S/C9H17NO3/c1-9(2,3)13-8(11)10-4-6-12-7-5-10/h4-7H2,1-3H3/i4D,5D. The van der Waals surface area contributed by atoms with E-state index in [4.69, 9.17) is 12.2 Å². The molecule has 2 atom stereocenters. The van der Waals surface area contributed by atoms with Crippen molar-refractivity contribution in [1.82, 2.24) is 4.90 Å². The topological polar surface area (TPSA) is 38.8 Å². The number of carbonyl (C=O) groups is 1. The Bertz CT molecular complexity index is 232. The van der Waals surface area contributed by atoms with E-state index in [2.05, 4.69) is 0 Å². The molecule has 4 nitrogen and oxygen atoms in total. The number of hydrogen-bond donors (Lipinski definition) is 0. The van der Waals surface area contributed by atoms with E-state index in [1.807, 2.05) is 0 Å². The summed E-state index contributed by atoms with van der Waals surface area (Å²) in [5.74, 6) is 0. The molecular formula is C9H17NO3. The lowest BCUT2D eigenvalue weighted by Crippen LogP contribution is -2.43. The zero-order valence-corrected chi connectivity index (χ0v) is 8.24. The van der Waals surface area contributed by atoms with Gasteiger partial charge in [0.1, 0.15) is 5.60 Å². The fraction of sp³-hybridized carbons (Fsp3) is 0.889. The maximum absolute atomic E-state index is 11.6. The number of ether oxygens (including phenoxy) is 2. The fourth-order valence-corrected chi connectivity index (χ4v) is 0.872. The average Bonchev–Trinajstić information content (AvgIpc) is 1.99. The molecule has 2 unspecified atom stereocenters. The largest absolute Gasteiger partial charge is 0.444 e. The summed E-state index contributed by atoms with van der Waals surface area (Å²) >= 11 is 0. The van der Waals surface area contributed by atoms with Crippen LogP contribution in [0.4, 0.5) is 4.79 Å². The molecule has 76 valence electrons. The Balaban J connectivity index is 2.64. The number of rotatable bonds is 0. The van der Waals surface area contributed by atoms with Crippen LogP contribution in [-0.2, 0) is 9.47 Å². The van der Waals surface area contributed by atoms with Crippen molar-refractivity contribution in [3.05, 3.63) is 0 Å². The molecule has 0 saturated carbocycles. The Morgan fingerprint density at radius 3 is 2.46 bits per heavy atom. The van der Waals surface area contributed by atoms with Gasteiger partial charge in [-0.15, -0.1) is 0 Å². The van der Waals surface area contributed by atoms with Crippen LogP contribution in [0.5, 0.6) is 0 Å². The molecule has 1 rings (SSSR count). The summed E-state index contributed by atoms with van der Waals surface area (Å²) < 4.78 is 25.2. The smallest absolute Gasteiger partial charge is 0.410 e. The zero-order chi connectivity index (χ0) is 11.6. The molecule has 0 spiro atoms. The third-order valence-electron chi connectivity index (χ3n) is 1.38. The molecule has 0 aliphatic carbocycles. The number of nitrogens with zero attached hydrogens (tertiary/aromatic N) is 1. The van der Waals surface area contributed by atoms with Gasteiger partial charge in [-0.25, -0.2) is 4.79 Å². The number of hydrogen-bond acceptors (Lipinski definition) is 3. The van der Waals surface area contributed by atoms with E-state index in [1.165, 1.54) is 0 Å². The molecule has 0 aromatic rings. The zero-order valence-electron chi connectivity index (χ0n) is 10.2. The third-order valence-corrected chi connectivity index (χ3v) is 1.38. The highest BCUT2D eigenvalue weighted by Crippen LogP contribution is 2.10. The van der Waals surface area contributed by atoms with Gasteiger partial charge in [-0.05, 0) is 20.8 Å². The Morgan fingerprint density at radius 2 is 2.00 bits per heavy atom. The molecular weight excluding hydrogens is 170 g/mol. The Kier molecular flexibility index (Phi) is 2.32. The number of morpholine rings is 1. The summed E-state index contributed by atoms with van der Waals surface area (Å²) in [6, 6.07) is 0. The molecule has 0 N–H and O–H groups in total. The maximum Gasteiger partial charge on any atom is 0.410 e. The summed E-state index contributed by atoms with van der Waals surface area (Å²) in [7, 11) is 0. The normalized spacial score (nSPS) is 32.1. The maximum atomic E-state index is 11.6. The van der Waals surface area contributed by atoms with Gasteiger partial charge in [0.05, 0.1) is 16.0 Å². The van der Waals surface area contributed by atoms with Gasteiger partial charge in [-0.3, -0.25) is 0 Å². The van der Waals surface area contributed by atoms with Crippen molar-refractivity contribution in [1.29, 1.82) is 0 Å². The second kappa shape index (κ2) is 3.96. The van der Waals surface area contributed by atoms with E-state index in [1.54, 1.807) is 20.8 Å². The lowest BCUT2D eigenvalue weighted by Gasteiger charge is -2.29. The first-order valence-corrected chi connectivity index (χ1v) is 4.25. The average molecular weight is 189 g/mol. The lowest BCUT2D eigenvalue weighted by atomic mass is 10.2. The van der Waals surface area contributed by atoms with Gasteiger partial charge in [0.25, 0.3) is 0 Å². The van der Waals surface area contributed by atoms with Crippen LogP contribution in [0.3, 0.4) is 0 Å². The quantitative estimate of drug-likeness (QED) is 0.575. The van der Waals surface area contributed by atoms with Crippen molar-refractivity contribution in [3.63, 3.8) is 0 Å². The Labute approximate surface area is 81.6 Å². The molecule has 1 heterocycles. The molecule has 0 radical (unpaired) electrons. The van der Waals surface area contributed by atoms with Crippen LogP contribution in [0.25, 0.3) is 0 Å². The predicted octanol–water partition coefficient (Wildman–Crippen LogP) is 1.25. The highest BCUT2D eigenvalue weighted by molar-refractivity contribution is 5.68. The van der Waals surface area contributed by atoms with Crippen molar-refractivity contribution in [2.24, 2.45) is 0 Å². The number of carbonyl (C=O) groups excluding carboxylic acids is 1. The van der Waals surface area contributed by atoms with Gasteiger partial charge in [0.2, 0.25) is 0 Å². The molecule has 0 aromatic heterocycles. The Morgan fingerprint density at radius 1 is 1.46 bits per heavy atom. The van der Waals surface area contributed by atoms with E-state index >= 15 is 0 Å². The van der Waals surface area contributed by atoms with Gasteiger partial charge in [0.15, 0.2) is 0 Å². The van der Waals surface area contributed by atoms with Crippen molar-refractivity contribution in [3.8, 4) is 0 Å². The molecule has 13 heavy (non-hydrogen) atoms. The summed E-state index contributed by atoms with van der Waals surface area (Å²) in [5.41, 5.74) is -0.602. The van der Waals surface area contributed by atoms with Crippen LogP contribution >= 0.6 is 0 Å². The molecule has 0 bridgehead atoms. The summed E-state index contributed by atoms with van der Waals surface area (Å²) in [5, 5.41) is 0. The third kappa shape index (κ3) is 3.63. The minimum atomic E-state index is -0.851. The molecule has 1 aliphatic rings. The van der Waals surface area contributed by atoms with E-state index in [0.717, 1.165) is 4.90 Å². The molecule has 1 aliphatic heterocycles. The monoisotopic (exact) mass is 189 g/mol. The van der Waals surface area contributed by atoms with Crippen LogP contribution in [0.2, 0.25) is 0 Å². The molecule has 1 fully saturated rings. The fourth-order valence-electron chi connectivity index (χ4n) is 0.872. The minimum absolute atomic E-state index is 0.134. The lowest BCUT2D eigenvalue weighted by molar-refractivity contribution is -0.00676. The first kappa shape index (κ1) is 7.62. The van der Waals surface area contributed by atoms with Crippen LogP contribution in [0.1, 0.15) is 23.5 Å².